The number of aryl methyl sites for hydroxylation is 3. The van der Waals surface area contributed by atoms with Gasteiger partial charge in [0.2, 0.25) is 5.43 Å². The fourth-order valence-electron chi connectivity index (χ4n) is 3.22. The van der Waals surface area contributed by atoms with Crippen LogP contribution in [0.4, 0.5) is 5.69 Å². The lowest BCUT2D eigenvalue weighted by Crippen LogP contribution is -2.12. The highest BCUT2D eigenvalue weighted by Crippen LogP contribution is 2.25. The minimum Gasteiger partial charge on any atom is -0.455 e. The maximum absolute atomic E-state index is 12.8. The largest absolute Gasteiger partial charge is 0.455 e. The van der Waals surface area contributed by atoms with E-state index in [1.807, 2.05) is 45.0 Å². The normalized spacial score (nSPS) is 11.1. The molecule has 1 heterocycles. The predicted molar refractivity (Wildman–Crippen MR) is 109 cm³/mol. The van der Waals surface area contributed by atoms with Gasteiger partial charge < -0.3 is 9.73 Å². The van der Waals surface area contributed by atoms with Crippen LogP contribution in [0.25, 0.3) is 21.9 Å². The highest BCUT2D eigenvalue weighted by Gasteiger charge is 2.12. The Kier molecular flexibility index (Phi) is 4.04. The lowest BCUT2D eigenvalue weighted by atomic mass is 10.0. The Morgan fingerprint density at radius 2 is 1.70 bits per heavy atom. The second-order valence-corrected chi connectivity index (χ2v) is 6.85. The maximum Gasteiger partial charge on any atom is 0.255 e. The van der Waals surface area contributed by atoms with Crippen molar-refractivity contribution in [2.24, 2.45) is 0 Å². The van der Waals surface area contributed by atoms with Gasteiger partial charge in [-0.05, 0) is 62.2 Å². The van der Waals surface area contributed by atoms with Crippen LogP contribution >= 0.6 is 0 Å². The summed E-state index contributed by atoms with van der Waals surface area (Å²) in [7, 11) is 0. The summed E-state index contributed by atoms with van der Waals surface area (Å²) in [6.45, 7) is 5.87. The Balaban J connectivity index is 1.80. The van der Waals surface area contributed by atoms with Gasteiger partial charge in [-0.2, -0.15) is 0 Å². The van der Waals surface area contributed by atoms with E-state index in [-0.39, 0.29) is 11.3 Å². The molecule has 0 bridgehead atoms. The number of hydrogen-bond donors (Lipinski definition) is 1. The van der Waals surface area contributed by atoms with Crippen molar-refractivity contribution in [2.45, 2.75) is 20.8 Å². The molecule has 0 spiro atoms. The van der Waals surface area contributed by atoms with Gasteiger partial charge in [-0.3, -0.25) is 9.59 Å². The molecule has 0 saturated heterocycles. The van der Waals surface area contributed by atoms with E-state index in [4.69, 9.17) is 4.42 Å². The molecule has 4 aromatic rings. The van der Waals surface area contributed by atoms with Crippen molar-refractivity contribution in [1.29, 1.82) is 0 Å². The van der Waals surface area contributed by atoms with E-state index in [0.29, 0.717) is 33.2 Å². The minimum atomic E-state index is -0.201. The molecule has 1 aromatic heterocycles. The number of carbonyl (C=O) groups excluding carboxylic acids is 1. The monoisotopic (exact) mass is 357 g/mol. The zero-order valence-corrected chi connectivity index (χ0v) is 15.4. The SMILES string of the molecule is Cc1cccc(C(=O)Nc2ccc3c(=O)c4ccc(C)c(C)c4oc3c2)c1. The second-order valence-electron chi connectivity index (χ2n) is 6.85. The fraction of sp³-hybridized carbons (Fsp3) is 0.130. The van der Waals surface area contributed by atoms with Crippen molar-refractivity contribution >= 4 is 33.5 Å². The lowest BCUT2D eigenvalue weighted by Gasteiger charge is -2.09. The van der Waals surface area contributed by atoms with Crippen LogP contribution < -0.4 is 10.7 Å². The number of fused-ring (bicyclic) bond motifs is 2. The molecule has 27 heavy (non-hydrogen) atoms. The van der Waals surface area contributed by atoms with E-state index >= 15 is 0 Å². The van der Waals surface area contributed by atoms with E-state index in [2.05, 4.69) is 5.32 Å². The zero-order chi connectivity index (χ0) is 19.1. The molecule has 1 N–H and O–H groups in total. The highest BCUT2D eigenvalue weighted by atomic mass is 16.3. The molecule has 0 aliphatic heterocycles. The number of rotatable bonds is 2. The third kappa shape index (κ3) is 2.99. The van der Waals surface area contributed by atoms with Gasteiger partial charge in [-0.15, -0.1) is 0 Å². The third-order valence-corrected chi connectivity index (χ3v) is 4.90. The number of amides is 1. The lowest BCUT2D eigenvalue weighted by molar-refractivity contribution is 0.102. The molecular formula is C23H19NO3. The molecule has 0 atom stereocenters. The maximum atomic E-state index is 12.8. The summed E-state index contributed by atoms with van der Waals surface area (Å²) in [6.07, 6.45) is 0. The smallest absolute Gasteiger partial charge is 0.255 e. The first-order valence-corrected chi connectivity index (χ1v) is 8.79. The van der Waals surface area contributed by atoms with Gasteiger partial charge in [0.15, 0.2) is 0 Å². The summed E-state index contributed by atoms with van der Waals surface area (Å²) < 4.78 is 6.03. The molecule has 134 valence electrons. The number of hydrogen-bond acceptors (Lipinski definition) is 3. The molecule has 0 aliphatic carbocycles. The summed E-state index contributed by atoms with van der Waals surface area (Å²) in [5.74, 6) is -0.201. The number of carbonyl (C=O) groups is 1. The first-order valence-electron chi connectivity index (χ1n) is 8.79. The van der Waals surface area contributed by atoms with Gasteiger partial charge >= 0.3 is 0 Å². The van der Waals surface area contributed by atoms with Crippen molar-refractivity contribution in [1.82, 2.24) is 0 Å². The van der Waals surface area contributed by atoms with Crippen LogP contribution in [0.15, 0.2) is 63.8 Å². The molecule has 0 aliphatic rings. The Hall–Kier alpha value is -3.40. The van der Waals surface area contributed by atoms with Crippen LogP contribution in [0.1, 0.15) is 27.0 Å². The van der Waals surface area contributed by atoms with Crippen LogP contribution in [0.3, 0.4) is 0 Å². The first-order chi connectivity index (χ1) is 12.9. The summed E-state index contributed by atoms with van der Waals surface area (Å²) in [5, 5.41) is 3.94. The minimum absolute atomic E-state index is 0.0640. The van der Waals surface area contributed by atoms with Crippen LogP contribution in [-0.2, 0) is 0 Å². The molecule has 1 amide bonds. The topological polar surface area (TPSA) is 59.3 Å². The first kappa shape index (κ1) is 17.0. The molecule has 4 heteroatoms. The number of benzene rings is 3. The molecule has 0 saturated carbocycles. The van der Waals surface area contributed by atoms with Crippen molar-refractivity contribution in [3.8, 4) is 0 Å². The highest BCUT2D eigenvalue weighted by molar-refractivity contribution is 6.05. The van der Waals surface area contributed by atoms with E-state index in [1.54, 1.807) is 30.3 Å². The van der Waals surface area contributed by atoms with E-state index in [1.165, 1.54) is 0 Å². The molecule has 3 aromatic carbocycles. The van der Waals surface area contributed by atoms with E-state index in [0.717, 1.165) is 16.7 Å². The van der Waals surface area contributed by atoms with Gasteiger partial charge in [0.25, 0.3) is 5.91 Å². The fourth-order valence-corrected chi connectivity index (χ4v) is 3.22. The van der Waals surface area contributed by atoms with Gasteiger partial charge in [0.05, 0.1) is 10.8 Å². The standard InChI is InChI=1S/C23H19NO3/c1-13-5-4-6-16(11-13)23(26)24-17-8-10-18-20(12-17)27-22-15(3)14(2)7-9-19(22)21(18)25/h4-12H,1-3H3,(H,24,26). The van der Waals surface area contributed by atoms with Crippen molar-refractivity contribution in [3.05, 3.63) is 87.1 Å². The average molecular weight is 357 g/mol. The van der Waals surface area contributed by atoms with Crippen molar-refractivity contribution in [2.75, 3.05) is 5.32 Å². The molecule has 4 rings (SSSR count). The van der Waals surface area contributed by atoms with E-state index in [9.17, 15) is 9.59 Å². The van der Waals surface area contributed by atoms with Crippen LogP contribution in [-0.4, -0.2) is 5.91 Å². The Morgan fingerprint density at radius 3 is 2.48 bits per heavy atom. The Labute approximate surface area is 156 Å². The Morgan fingerprint density at radius 1 is 0.926 bits per heavy atom. The number of anilines is 1. The molecule has 4 nitrogen and oxygen atoms in total. The quantitative estimate of drug-likeness (QED) is 0.506. The predicted octanol–water partition coefficient (Wildman–Crippen LogP) is 5.12. The molecule has 0 radical (unpaired) electrons. The summed E-state index contributed by atoms with van der Waals surface area (Å²) in [6, 6.07) is 16.2. The third-order valence-electron chi connectivity index (χ3n) is 4.90. The summed E-state index contributed by atoms with van der Waals surface area (Å²) in [5.41, 5.74) is 5.19. The Bertz CT molecular complexity index is 1270. The van der Waals surface area contributed by atoms with Crippen LogP contribution in [0.5, 0.6) is 0 Å². The average Bonchev–Trinajstić information content (AvgIpc) is 2.65. The molecule has 0 unspecified atom stereocenters. The molecule has 0 fully saturated rings. The summed E-state index contributed by atoms with van der Waals surface area (Å²) >= 11 is 0. The second kappa shape index (κ2) is 6.40. The van der Waals surface area contributed by atoms with Gasteiger partial charge in [0, 0.05) is 17.3 Å². The van der Waals surface area contributed by atoms with E-state index < -0.39 is 0 Å². The van der Waals surface area contributed by atoms with Gasteiger partial charge in [0.1, 0.15) is 11.2 Å². The van der Waals surface area contributed by atoms with Gasteiger partial charge in [-0.1, -0.05) is 23.8 Å². The summed E-state index contributed by atoms with van der Waals surface area (Å²) in [4.78, 5) is 25.3. The number of nitrogens with one attached hydrogen (secondary N) is 1. The zero-order valence-electron chi connectivity index (χ0n) is 15.4. The van der Waals surface area contributed by atoms with Crippen molar-refractivity contribution in [3.63, 3.8) is 0 Å². The van der Waals surface area contributed by atoms with Crippen molar-refractivity contribution < 1.29 is 9.21 Å². The van der Waals surface area contributed by atoms with Gasteiger partial charge in [-0.25, -0.2) is 0 Å². The van der Waals surface area contributed by atoms with Crippen LogP contribution in [0.2, 0.25) is 0 Å². The van der Waals surface area contributed by atoms with Crippen LogP contribution in [0, 0.1) is 20.8 Å². The molecular weight excluding hydrogens is 338 g/mol.